The van der Waals surface area contributed by atoms with Crippen molar-refractivity contribution < 1.29 is 242 Å². The van der Waals surface area contributed by atoms with Gasteiger partial charge in [-0.3, -0.25) is 24.0 Å². The second kappa shape index (κ2) is 43.3. The Labute approximate surface area is 684 Å². The number of carboxylic acid groups (broad SMARTS) is 1. The van der Waals surface area contributed by atoms with E-state index in [2.05, 4.69) is 26.6 Å². The molecule has 54 heteroatoms. The molecule has 9 heterocycles. The molecule has 9 rings (SSSR count). The first-order valence-electron chi connectivity index (χ1n) is 38.2. The van der Waals surface area contributed by atoms with Crippen molar-refractivity contribution in [2.24, 2.45) is 0 Å². The third kappa shape index (κ3) is 22.5. The molecule has 0 bridgehead atoms. The van der Waals surface area contributed by atoms with Gasteiger partial charge in [0.1, 0.15) is 213 Å². The lowest BCUT2D eigenvalue weighted by molar-refractivity contribution is -0.384. The molecule has 0 aromatic rings. The first kappa shape index (κ1) is 99.9. The number of hydrogen-bond donors (Lipinski definition) is 31. The Bertz CT molecular complexity index is 3340. The number of amides is 5. The van der Waals surface area contributed by atoms with Gasteiger partial charge in [0, 0.05) is 41.0 Å². The van der Waals surface area contributed by atoms with Crippen molar-refractivity contribution in [3.63, 3.8) is 0 Å². The smallest absolute Gasteiger partial charge is 0.364 e. The lowest BCUT2D eigenvalue weighted by atomic mass is 9.88. The molecular formula is C67H111N5O49. The van der Waals surface area contributed by atoms with Crippen LogP contribution in [0.1, 0.15) is 41.0 Å². The van der Waals surface area contributed by atoms with Crippen LogP contribution in [0, 0.1) is 0 Å². The van der Waals surface area contributed by atoms with Gasteiger partial charge in [-0.05, 0) is 0 Å². The fourth-order valence-electron chi connectivity index (χ4n) is 15.5. The minimum atomic E-state index is -3.29. The normalized spacial score (nSPS) is 46.6. The van der Waals surface area contributed by atoms with E-state index in [4.69, 9.17) is 80.5 Å². The van der Waals surface area contributed by atoms with Crippen LogP contribution < -0.4 is 26.6 Å². The highest BCUT2D eigenvalue weighted by Gasteiger charge is 2.63. The number of carbonyl (C=O) groups excluding carboxylic acids is 5. The number of aliphatic hydroxyl groups is 25. The van der Waals surface area contributed by atoms with Crippen LogP contribution in [0.2, 0.25) is 0 Å². The molecule has 54 nitrogen and oxygen atoms in total. The van der Waals surface area contributed by atoms with Crippen molar-refractivity contribution in [1.82, 2.24) is 26.6 Å². The molecule has 121 heavy (non-hydrogen) atoms. The van der Waals surface area contributed by atoms with Crippen molar-refractivity contribution in [1.29, 1.82) is 0 Å². The largest absolute Gasteiger partial charge is 0.477 e. The van der Waals surface area contributed by atoms with Gasteiger partial charge in [-0.2, -0.15) is 0 Å². The molecule has 0 aliphatic carbocycles. The molecule has 698 valence electrons. The molecule has 9 aliphatic rings. The van der Waals surface area contributed by atoms with Crippen LogP contribution in [-0.4, -0.2) is 509 Å². The minimum absolute atomic E-state index is 0.873. The lowest BCUT2D eigenvalue weighted by Gasteiger charge is -2.51. The molecule has 0 unspecified atom stereocenters. The Hall–Kier alpha value is -4.86. The summed E-state index contributed by atoms with van der Waals surface area (Å²) in [5.74, 6) is -10.1. The van der Waals surface area contributed by atoms with Crippen molar-refractivity contribution in [2.45, 2.75) is 323 Å². The van der Waals surface area contributed by atoms with Crippen LogP contribution in [0.15, 0.2) is 0 Å². The average molecular weight is 1770 g/mol. The highest BCUT2D eigenvalue weighted by molar-refractivity contribution is 5.77. The summed E-state index contributed by atoms with van der Waals surface area (Å²) in [6.07, 6.45) is -85.9. The van der Waals surface area contributed by atoms with Gasteiger partial charge in [0.25, 0.3) is 5.79 Å². The number of rotatable bonds is 33. The molecule has 0 radical (unpaired) electrons. The second-order valence-corrected chi connectivity index (χ2v) is 30.4. The fourth-order valence-corrected chi connectivity index (χ4v) is 15.5. The van der Waals surface area contributed by atoms with E-state index in [1.165, 1.54) is 0 Å². The summed E-state index contributed by atoms with van der Waals surface area (Å²) in [4.78, 5) is 77.4. The van der Waals surface area contributed by atoms with Gasteiger partial charge in [-0.1, -0.05) is 0 Å². The number of carbonyl (C=O) groups is 6. The SMILES string of the molecule is CC(=O)N[C@@H]1[C@@H](O[C@@H]2O[C@H](CO)[C@H](O)[C@H](O[C@]3(C(=O)O)C[C@H](O)[C@@H](NC(C)=O)[C@H]([C@H](O)[C@H](O)CO)O3)[C@H]2O)[C@@H](O)[C@@H](CO[C@@H]2O[C@H](CO)[C@@H](O[C@@H]3O[C@H](CO[C@@H]4O[C@H](CO)[C@@H](O[C@@H]5O[C@H](CO)[C@H](O)[C@H](O)[C@H]5O)[C@H](O)[C@H]4NC(C)=O)[C@H](O)[C@H](O[C@@H]4O[C@H](CO)[C@@H](O)[C@H](O[C@@H]5O[C@H](CO)[C@H](O)[C@H](O)[C@H]5O)[C@H]4NC(C)=O)[C@H]3O)[C@H](O)[C@H]2NC(C)=O)O[C@@H]1O. The van der Waals surface area contributed by atoms with E-state index in [0.29, 0.717) is 0 Å². The third-order valence-corrected chi connectivity index (χ3v) is 21.7. The first-order valence-corrected chi connectivity index (χ1v) is 38.2. The molecule has 0 saturated carbocycles. The maximum atomic E-state index is 13.2. The van der Waals surface area contributed by atoms with Crippen molar-refractivity contribution in [3.05, 3.63) is 0 Å². The summed E-state index contributed by atoms with van der Waals surface area (Å²) in [7, 11) is 0. The molecule has 0 spiro atoms. The summed E-state index contributed by atoms with van der Waals surface area (Å²) in [6.45, 7) is -5.33. The summed E-state index contributed by atoms with van der Waals surface area (Å²) in [5, 5.41) is 300. The Morgan fingerprint density at radius 1 is 0.339 bits per heavy atom. The van der Waals surface area contributed by atoms with Gasteiger partial charge in [0.05, 0.1) is 71.6 Å². The molecule has 31 N–H and O–H groups in total. The second-order valence-electron chi connectivity index (χ2n) is 30.4. The number of nitrogens with one attached hydrogen (secondary N) is 5. The summed E-state index contributed by atoms with van der Waals surface area (Å²) in [5.41, 5.74) is 0. The van der Waals surface area contributed by atoms with Gasteiger partial charge in [0.15, 0.2) is 50.3 Å². The van der Waals surface area contributed by atoms with Crippen LogP contribution in [0.5, 0.6) is 0 Å². The minimum Gasteiger partial charge on any atom is -0.477 e. The number of aliphatic hydroxyl groups excluding tert-OH is 25. The number of aliphatic carboxylic acids is 1. The zero-order chi connectivity index (χ0) is 89.6. The Kier molecular flexibility index (Phi) is 35.7. The van der Waals surface area contributed by atoms with Crippen LogP contribution in [-0.2, 0) is 109 Å². The van der Waals surface area contributed by atoms with E-state index in [1.54, 1.807) is 0 Å². The zero-order valence-electron chi connectivity index (χ0n) is 65.1. The third-order valence-electron chi connectivity index (χ3n) is 21.7. The van der Waals surface area contributed by atoms with Crippen molar-refractivity contribution >= 4 is 35.5 Å². The number of ether oxygens (including phenoxy) is 17. The summed E-state index contributed by atoms with van der Waals surface area (Å²) in [6, 6.07) is -9.42. The predicted molar refractivity (Wildman–Crippen MR) is 372 cm³/mol. The number of hydrogen-bond acceptors (Lipinski definition) is 48. The molecule has 0 aromatic heterocycles. The number of carboxylic acids is 1. The standard InChI is InChI=1S/C67H111N5O49/c1-16(80)68-31-21(85)6-67(66(103)104,120-55(31)36(87)22(86)7-73)121-57-40(91)26(11-77)111-65(50(57)101)117-53-34(71-19(4)83)58(102)107-29(41(53)92)14-105-59-33(70-18(3)82)44(95)52(28(13-79)113-59)116-64-49(100)56(119-61-35(72-20(5)84)54(39(90)25(10-76)108-61)118-63-48(99)46(97)38(89)24(9-75)110-63)42(93)30(114-64)15-106-60-32(69-17(2)81)43(94)51(27(12-78)112-60)115-62-47(98)45(96)37(88)23(8-74)109-62/h21-65,73-79,85-102H,6-15H2,1-5H3,(H,68,80)(H,69,81)(H,70,82)(H,71,83)(H,72,84)(H,103,104)/t21-,22+,23+,24+,25+,26+,27+,28+,29+,30+,31+,32+,33+,34+,35+,36+,37-,38-,39+,40-,41-,42-,43+,44+,45-,46-,47+,48+,49+,50+,51+,52+,53+,54+,55+,56-,57-,58-,59+,60+,61-,62-,63-,64-,65-,67-/m0/s1. The summed E-state index contributed by atoms with van der Waals surface area (Å²) < 4.78 is 100.0. The van der Waals surface area contributed by atoms with Gasteiger partial charge in [-0.25, -0.2) is 4.79 Å². The van der Waals surface area contributed by atoms with Gasteiger partial charge in [0.2, 0.25) is 29.5 Å². The predicted octanol–water partition coefficient (Wildman–Crippen LogP) is -20.7. The molecule has 9 fully saturated rings. The molecule has 9 aliphatic heterocycles. The zero-order valence-corrected chi connectivity index (χ0v) is 65.1. The van der Waals surface area contributed by atoms with Crippen LogP contribution >= 0.6 is 0 Å². The Balaban J connectivity index is 0.994. The Morgan fingerprint density at radius 3 is 1.08 bits per heavy atom. The molecule has 5 amide bonds. The first-order chi connectivity index (χ1) is 57.0. The monoisotopic (exact) mass is 1770 g/mol. The van der Waals surface area contributed by atoms with Gasteiger partial charge < -0.3 is 240 Å². The van der Waals surface area contributed by atoms with Crippen LogP contribution in [0.25, 0.3) is 0 Å². The topological polar surface area (TPSA) is 845 Å². The van der Waals surface area contributed by atoms with E-state index < -0.39 is 383 Å². The fraction of sp³-hybridized carbons (Fsp3) is 0.910. The average Bonchev–Trinajstić information content (AvgIpc) is 0.946. The maximum Gasteiger partial charge on any atom is 0.364 e. The van der Waals surface area contributed by atoms with E-state index in [-0.39, 0.29) is 0 Å². The van der Waals surface area contributed by atoms with Gasteiger partial charge in [-0.15, -0.1) is 0 Å². The quantitative estimate of drug-likeness (QED) is 0.0290. The van der Waals surface area contributed by atoms with E-state index in [9.17, 15) is 162 Å². The lowest BCUT2D eigenvalue weighted by Crippen LogP contribution is -2.71. The maximum absolute atomic E-state index is 13.2. The summed E-state index contributed by atoms with van der Waals surface area (Å²) >= 11 is 0. The molecule has 0 aromatic carbocycles. The van der Waals surface area contributed by atoms with Gasteiger partial charge >= 0.3 is 5.97 Å². The van der Waals surface area contributed by atoms with E-state index >= 15 is 0 Å². The van der Waals surface area contributed by atoms with Crippen LogP contribution in [0.3, 0.4) is 0 Å². The molecule has 46 atom stereocenters. The van der Waals surface area contributed by atoms with Crippen molar-refractivity contribution in [2.75, 3.05) is 59.5 Å². The van der Waals surface area contributed by atoms with E-state index in [1.807, 2.05) is 0 Å². The van der Waals surface area contributed by atoms with Crippen molar-refractivity contribution in [3.8, 4) is 0 Å². The highest BCUT2D eigenvalue weighted by Crippen LogP contribution is 2.42. The molecular weight excluding hydrogens is 1660 g/mol. The molecule has 9 saturated heterocycles. The Morgan fingerprint density at radius 2 is 0.661 bits per heavy atom. The highest BCUT2D eigenvalue weighted by atomic mass is 16.8. The van der Waals surface area contributed by atoms with Crippen LogP contribution in [0.4, 0.5) is 0 Å². The van der Waals surface area contributed by atoms with E-state index in [0.717, 1.165) is 34.6 Å².